The highest BCUT2D eigenvalue weighted by molar-refractivity contribution is 5.88. The molecule has 3 rings (SSSR count). The molecule has 2 bridgehead atoms. The van der Waals surface area contributed by atoms with Gasteiger partial charge in [0.15, 0.2) is 0 Å². The molecule has 1 aromatic rings. The Labute approximate surface area is 148 Å². The molecule has 0 spiro atoms. The van der Waals surface area contributed by atoms with Gasteiger partial charge >= 0.3 is 5.97 Å². The van der Waals surface area contributed by atoms with Gasteiger partial charge in [-0.25, -0.2) is 0 Å². The van der Waals surface area contributed by atoms with Crippen molar-refractivity contribution in [2.75, 3.05) is 14.1 Å². The van der Waals surface area contributed by atoms with Crippen LogP contribution in [-0.2, 0) is 19.1 Å². The maximum absolute atomic E-state index is 12.7. The number of carbonyl (C=O) groups excluding carboxylic acids is 3. The quantitative estimate of drug-likeness (QED) is 0.789. The van der Waals surface area contributed by atoms with Crippen LogP contribution >= 0.6 is 0 Å². The second-order valence-electron chi connectivity index (χ2n) is 7.36. The number of hydrogen-bond acceptors (Lipinski definition) is 4. The molecule has 134 valence electrons. The molecule has 1 amide bonds. The van der Waals surface area contributed by atoms with Crippen molar-refractivity contribution in [1.29, 1.82) is 0 Å². The summed E-state index contributed by atoms with van der Waals surface area (Å²) in [7, 11) is 3.30. The number of amides is 1. The number of carbonyl (C=O) groups is 3. The number of Topliss-reactive ketones (excluding diaryl/α,β-unsaturated/α-hetero) is 1. The van der Waals surface area contributed by atoms with Crippen LogP contribution in [-0.4, -0.2) is 36.7 Å². The first-order valence-electron chi connectivity index (χ1n) is 8.97. The predicted molar refractivity (Wildman–Crippen MR) is 92.5 cm³/mol. The molecule has 0 aromatic heterocycles. The molecule has 4 atom stereocenters. The summed E-state index contributed by atoms with van der Waals surface area (Å²) < 4.78 is 5.66. The number of rotatable bonds is 4. The van der Waals surface area contributed by atoms with Gasteiger partial charge in [-0.3, -0.25) is 14.4 Å². The van der Waals surface area contributed by atoms with Crippen LogP contribution in [0.1, 0.15) is 43.8 Å². The van der Waals surface area contributed by atoms with Crippen molar-refractivity contribution in [1.82, 2.24) is 4.90 Å². The highest BCUT2D eigenvalue weighted by Crippen LogP contribution is 2.41. The van der Waals surface area contributed by atoms with E-state index in [2.05, 4.69) is 0 Å². The molecule has 2 saturated carbocycles. The molecule has 0 heterocycles. The largest absolute Gasteiger partial charge is 0.447 e. The average molecular weight is 343 g/mol. The van der Waals surface area contributed by atoms with Crippen molar-refractivity contribution in [2.24, 2.45) is 17.8 Å². The van der Waals surface area contributed by atoms with Crippen molar-refractivity contribution >= 4 is 17.7 Å². The highest BCUT2D eigenvalue weighted by Gasteiger charge is 2.42. The minimum absolute atomic E-state index is 0.00947. The number of likely N-dealkylation sites (N-methyl/N-ethyl adjacent to an activating group) is 1. The summed E-state index contributed by atoms with van der Waals surface area (Å²) >= 11 is 0. The van der Waals surface area contributed by atoms with Crippen molar-refractivity contribution in [2.45, 2.75) is 38.2 Å². The maximum atomic E-state index is 12.7. The van der Waals surface area contributed by atoms with Crippen molar-refractivity contribution < 1.29 is 19.1 Å². The van der Waals surface area contributed by atoms with Crippen LogP contribution in [0.2, 0.25) is 0 Å². The number of esters is 1. The molecule has 0 aliphatic heterocycles. The Bertz CT molecular complexity index is 639. The number of ether oxygens (including phenoxy) is 1. The Morgan fingerprint density at radius 2 is 1.68 bits per heavy atom. The third-order valence-electron chi connectivity index (χ3n) is 5.38. The van der Waals surface area contributed by atoms with Crippen molar-refractivity contribution in [3.63, 3.8) is 0 Å². The van der Waals surface area contributed by atoms with Crippen molar-refractivity contribution in [3.05, 3.63) is 35.9 Å². The lowest BCUT2D eigenvalue weighted by atomic mass is 9.67. The molecular weight excluding hydrogens is 318 g/mol. The van der Waals surface area contributed by atoms with E-state index >= 15 is 0 Å². The first-order valence-corrected chi connectivity index (χ1v) is 8.97. The first-order chi connectivity index (χ1) is 12.0. The first kappa shape index (κ1) is 17.6. The smallest absolute Gasteiger partial charge is 0.310 e. The Kier molecular flexibility index (Phi) is 5.21. The molecule has 5 heteroatoms. The van der Waals surface area contributed by atoms with Gasteiger partial charge in [-0.15, -0.1) is 0 Å². The third-order valence-corrected chi connectivity index (χ3v) is 5.38. The van der Waals surface area contributed by atoms with Crippen LogP contribution in [0.5, 0.6) is 0 Å². The van der Waals surface area contributed by atoms with Crippen LogP contribution in [0.25, 0.3) is 0 Å². The lowest BCUT2D eigenvalue weighted by Crippen LogP contribution is -2.40. The maximum Gasteiger partial charge on any atom is 0.310 e. The van der Waals surface area contributed by atoms with Crippen LogP contribution in [0.4, 0.5) is 0 Å². The van der Waals surface area contributed by atoms with Gasteiger partial charge in [0.2, 0.25) is 6.10 Å². The zero-order valence-corrected chi connectivity index (χ0v) is 14.8. The van der Waals surface area contributed by atoms with E-state index in [1.54, 1.807) is 26.2 Å². The molecule has 1 unspecified atom stereocenters. The number of benzene rings is 1. The average Bonchev–Trinajstić information content (AvgIpc) is 2.59. The lowest BCUT2D eigenvalue weighted by Gasteiger charge is -2.37. The molecule has 0 N–H and O–H groups in total. The number of nitrogens with zero attached hydrogens (tertiary/aromatic N) is 1. The molecule has 1 aromatic carbocycles. The molecule has 0 saturated heterocycles. The van der Waals surface area contributed by atoms with Gasteiger partial charge < -0.3 is 9.64 Å². The van der Waals surface area contributed by atoms with E-state index in [4.69, 9.17) is 4.74 Å². The Hall–Kier alpha value is -2.17. The van der Waals surface area contributed by atoms with Gasteiger partial charge in [0.1, 0.15) is 5.78 Å². The SMILES string of the molecule is CN(C)C(=O)[C@@H](OC(=O)C1C[C@H]2CCC[C@@H](C1)C2=O)c1ccccc1. The summed E-state index contributed by atoms with van der Waals surface area (Å²) in [4.78, 5) is 38.9. The Morgan fingerprint density at radius 3 is 2.24 bits per heavy atom. The topological polar surface area (TPSA) is 63.7 Å². The predicted octanol–water partition coefficient (Wildman–Crippen LogP) is 2.75. The standard InChI is InChI=1S/C20H25NO4/c1-21(2)19(23)18(13-7-4-3-5-8-13)25-20(24)16-11-14-9-6-10-15(12-16)17(14)22/h3-5,7-8,14-16,18H,6,9-12H2,1-2H3/t14-,15+,16?,18-/m0/s1. The van der Waals surface area contributed by atoms with Gasteiger partial charge in [-0.2, -0.15) is 0 Å². The Balaban J connectivity index is 1.74. The number of ketones is 1. The summed E-state index contributed by atoms with van der Waals surface area (Å²) in [6.07, 6.45) is 3.00. The molecule has 2 fully saturated rings. The van der Waals surface area contributed by atoms with E-state index < -0.39 is 6.10 Å². The molecular formula is C20H25NO4. The zero-order valence-electron chi connectivity index (χ0n) is 14.8. The van der Waals surface area contributed by atoms with Gasteiger partial charge in [-0.1, -0.05) is 36.8 Å². The second kappa shape index (κ2) is 7.38. The fraction of sp³-hybridized carbons (Fsp3) is 0.550. The fourth-order valence-corrected chi connectivity index (χ4v) is 4.01. The van der Waals surface area contributed by atoms with Crippen LogP contribution in [0.3, 0.4) is 0 Å². The minimum Gasteiger partial charge on any atom is -0.447 e. The molecule has 5 nitrogen and oxygen atoms in total. The summed E-state index contributed by atoms with van der Waals surface area (Å²) in [6.45, 7) is 0. The van der Waals surface area contributed by atoms with Crippen LogP contribution in [0, 0.1) is 17.8 Å². The normalized spacial score (nSPS) is 26.6. The third kappa shape index (κ3) is 3.75. The molecule has 0 radical (unpaired) electrons. The monoisotopic (exact) mass is 343 g/mol. The molecule has 2 aliphatic rings. The summed E-state index contributed by atoms with van der Waals surface area (Å²) in [5.41, 5.74) is 0.668. The number of fused-ring (bicyclic) bond motifs is 2. The fourth-order valence-electron chi connectivity index (χ4n) is 4.01. The minimum atomic E-state index is -0.929. The van der Waals surface area contributed by atoms with Crippen LogP contribution in [0.15, 0.2) is 30.3 Å². The lowest BCUT2D eigenvalue weighted by molar-refractivity contribution is -0.166. The van der Waals surface area contributed by atoms with E-state index in [9.17, 15) is 14.4 Å². The van der Waals surface area contributed by atoms with E-state index in [0.29, 0.717) is 24.2 Å². The van der Waals surface area contributed by atoms with Gasteiger partial charge in [0.05, 0.1) is 5.92 Å². The van der Waals surface area contributed by atoms with Gasteiger partial charge in [0, 0.05) is 31.5 Å². The molecule has 2 aliphatic carbocycles. The van der Waals surface area contributed by atoms with E-state index in [-0.39, 0.29) is 29.6 Å². The van der Waals surface area contributed by atoms with E-state index in [0.717, 1.165) is 19.3 Å². The van der Waals surface area contributed by atoms with E-state index in [1.165, 1.54) is 4.90 Å². The van der Waals surface area contributed by atoms with E-state index in [1.807, 2.05) is 18.2 Å². The summed E-state index contributed by atoms with van der Waals surface area (Å²) in [5, 5.41) is 0. The summed E-state index contributed by atoms with van der Waals surface area (Å²) in [5.74, 6) is -0.594. The van der Waals surface area contributed by atoms with Gasteiger partial charge in [0.25, 0.3) is 5.91 Å². The second-order valence-corrected chi connectivity index (χ2v) is 7.36. The molecule has 25 heavy (non-hydrogen) atoms. The van der Waals surface area contributed by atoms with Gasteiger partial charge in [-0.05, 0) is 25.7 Å². The highest BCUT2D eigenvalue weighted by atomic mass is 16.5. The Morgan fingerprint density at radius 1 is 1.08 bits per heavy atom. The number of hydrogen-bond donors (Lipinski definition) is 0. The zero-order chi connectivity index (χ0) is 18.0. The summed E-state index contributed by atoms with van der Waals surface area (Å²) in [6, 6.07) is 9.08. The van der Waals surface area contributed by atoms with Crippen molar-refractivity contribution in [3.8, 4) is 0 Å². The van der Waals surface area contributed by atoms with Crippen LogP contribution < -0.4 is 0 Å².